The van der Waals surface area contributed by atoms with Crippen LogP contribution in [0.2, 0.25) is 0 Å². The third-order valence-corrected chi connectivity index (χ3v) is 16.6. The maximum Gasteiger partial charge on any atom is 0.306 e. The maximum atomic E-state index is 12.9. The summed E-state index contributed by atoms with van der Waals surface area (Å²) in [5.74, 6) is -0.841. The lowest BCUT2D eigenvalue weighted by atomic mass is 10.0. The second kappa shape index (κ2) is 70.1. The lowest BCUT2D eigenvalue weighted by molar-refractivity contribution is -0.167. The van der Waals surface area contributed by atoms with Crippen LogP contribution in [-0.4, -0.2) is 37.2 Å². The molecular weight excluding hydrogens is 997 g/mol. The van der Waals surface area contributed by atoms with E-state index in [-0.39, 0.29) is 31.1 Å². The van der Waals surface area contributed by atoms with Crippen LogP contribution in [0.3, 0.4) is 0 Å². The molecule has 0 saturated carbocycles. The molecule has 476 valence electrons. The van der Waals surface area contributed by atoms with Crippen LogP contribution >= 0.6 is 0 Å². The zero-order chi connectivity index (χ0) is 58.5. The second-order valence-electron chi connectivity index (χ2n) is 24.9. The van der Waals surface area contributed by atoms with E-state index in [1.165, 1.54) is 302 Å². The highest BCUT2D eigenvalue weighted by Crippen LogP contribution is 2.19. The average molecular weight is 1140 g/mol. The molecule has 0 bridgehead atoms. The Morgan fingerprint density at radius 2 is 0.444 bits per heavy atom. The number of rotatable bonds is 68. The zero-order valence-corrected chi connectivity index (χ0v) is 54.8. The van der Waals surface area contributed by atoms with Crippen molar-refractivity contribution in [2.45, 2.75) is 412 Å². The van der Waals surface area contributed by atoms with E-state index in [0.29, 0.717) is 19.3 Å². The molecule has 0 rings (SSSR count). The van der Waals surface area contributed by atoms with Crippen LogP contribution in [0, 0.1) is 0 Å². The molecule has 0 aliphatic heterocycles. The van der Waals surface area contributed by atoms with Crippen molar-refractivity contribution in [3.05, 3.63) is 36.5 Å². The summed E-state index contributed by atoms with van der Waals surface area (Å²) < 4.78 is 17.0. The van der Waals surface area contributed by atoms with Gasteiger partial charge in [0, 0.05) is 19.3 Å². The first kappa shape index (κ1) is 78.6. The highest BCUT2D eigenvalue weighted by Gasteiger charge is 2.19. The van der Waals surface area contributed by atoms with E-state index in [9.17, 15) is 14.4 Å². The Hall–Kier alpha value is -2.37. The topological polar surface area (TPSA) is 78.9 Å². The summed E-state index contributed by atoms with van der Waals surface area (Å²) in [4.78, 5) is 38.4. The molecule has 6 heteroatoms. The maximum absolute atomic E-state index is 12.9. The Bertz CT molecular complexity index is 1350. The molecule has 1 unspecified atom stereocenters. The molecule has 0 fully saturated rings. The summed E-state index contributed by atoms with van der Waals surface area (Å²) in [6.45, 7) is 6.69. The van der Waals surface area contributed by atoms with Gasteiger partial charge >= 0.3 is 17.9 Å². The van der Waals surface area contributed by atoms with Crippen LogP contribution in [0.1, 0.15) is 406 Å². The standard InChI is InChI=1S/C75H140O6/c1-4-7-10-13-16-19-22-24-26-28-30-32-34-35-36-37-38-39-41-42-44-46-48-50-53-56-59-62-65-68-74(77)80-71-72(70-79-73(76)67-64-61-58-55-52-21-18-15-12-9-6-3)81-75(78)69-66-63-60-57-54-51-49-47-45-43-40-33-31-29-27-25-23-20-17-14-11-8-5-2/h23,25,28-31,72H,4-22,24,26-27,32-71H2,1-3H3/b25-23-,30-28-,31-29-. The summed E-state index contributed by atoms with van der Waals surface area (Å²) in [6.07, 6.45) is 87.6. The molecule has 1 atom stereocenters. The van der Waals surface area contributed by atoms with Gasteiger partial charge in [-0.25, -0.2) is 0 Å². The molecule has 0 aliphatic carbocycles. The molecule has 0 radical (unpaired) electrons. The quantitative estimate of drug-likeness (QED) is 0.0261. The predicted molar refractivity (Wildman–Crippen MR) is 353 cm³/mol. The van der Waals surface area contributed by atoms with Crippen LogP contribution in [0.5, 0.6) is 0 Å². The minimum absolute atomic E-state index is 0.0672. The van der Waals surface area contributed by atoms with E-state index < -0.39 is 6.10 Å². The number of allylic oxidation sites excluding steroid dienone is 6. The van der Waals surface area contributed by atoms with Gasteiger partial charge < -0.3 is 14.2 Å². The number of carbonyl (C=O) groups excluding carboxylic acids is 3. The monoisotopic (exact) mass is 1140 g/mol. The Balaban J connectivity index is 4.15. The largest absolute Gasteiger partial charge is 0.462 e. The van der Waals surface area contributed by atoms with E-state index in [2.05, 4.69) is 57.2 Å². The van der Waals surface area contributed by atoms with Crippen LogP contribution < -0.4 is 0 Å². The van der Waals surface area contributed by atoms with Crippen LogP contribution in [-0.2, 0) is 28.6 Å². The van der Waals surface area contributed by atoms with Gasteiger partial charge in [-0.05, 0) is 77.0 Å². The molecule has 81 heavy (non-hydrogen) atoms. The minimum Gasteiger partial charge on any atom is -0.462 e. The molecule has 0 aromatic rings. The van der Waals surface area contributed by atoms with E-state index in [1.807, 2.05) is 0 Å². The Morgan fingerprint density at radius 1 is 0.247 bits per heavy atom. The van der Waals surface area contributed by atoms with E-state index in [0.717, 1.165) is 64.2 Å². The van der Waals surface area contributed by atoms with E-state index in [1.54, 1.807) is 0 Å². The Kier molecular flexibility index (Phi) is 68.1. The third kappa shape index (κ3) is 68.3. The fourth-order valence-corrected chi connectivity index (χ4v) is 11.1. The van der Waals surface area contributed by atoms with Gasteiger partial charge in [0.15, 0.2) is 6.10 Å². The number of ether oxygens (including phenoxy) is 3. The normalized spacial score (nSPS) is 12.2. The SMILES string of the molecule is CCCCCCC/C=C\C/C=C\CCCCCCCCCCCCCC(=O)OC(COC(=O)CCCCCCCCCCCCC)COC(=O)CCCCCCCCCCCCCCCCCCC/C=C\CCCCCCCCCC. The van der Waals surface area contributed by atoms with Crippen molar-refractivity contribution in [3.8, 4) is 0 Å². The Morgan fingerprint density at radius 3 is 0.691 bits per heavy atom. The summed E-state index contributed by atoms with van der Waals surface area (Å²) >= 11 is 0. The van der Waals surface area contributed by atoms with Gasteiger partial charge in [0.2, 0.25) is 0 Å². The average Bonchev–Trinajstić information content (AvgIpc) is 3.47. The van der Waals surface area contributed by atoms with Gasteiger partial charge in [-0.3, -0.25) is 14.4 Å². The summed E-state index contributed by atoms with van der Waals surface area (Å²) in [7, 11) is 0. The first-order chi connectivity index (χ1) is 40.0. The number of hydrogen-bond donors (Lipinski definition) is 0. The van der Waals surface area contributed by atoms with Crippen molar-refractivity contribution in [2.75, 3.05) is 13.2 Å². The van der Waals surface area contributed by atoms with Gasteiger partial charge in [-0.2, -0.15) is 0 Å². The molecular formula is C75H140O6. The highest BCUT2D eigenvalue weighted by atomic mass is 16.6. The fourth-order valence-electron chi connectivity index (χ4n) is 11.1. The second-order valence-corrected chi connectivity index (χ2v) is 24.9. The number of unbranched alkanes of at least 4 members (excludes halogenated alkanes) is 51. The molecule has 0 heterocycles. The Labute approximate surface area is 506 Å². The fraction of sp³-hybridized carbons (Fsp3) is 0.880. The summed E-state index contributed by atoms with van der Waals surface area (Å²) in [5.41, 5.74) is 0. The minimum atomic E-state index is -0.770. The van der Waals surface area contributed by atoms with E-state index >= 15 is 0 Å². The van der Waals surface area contributed by atoms with Crippen molar-refractivity contribution < 1.29 is 28.6 Å². The van der Waals surface area contributed by atoms with Crippen LogP contribution in [0.4, 0.5) is 0 Å². The molecule has 0 N–H and O–H groups in total. The molecule has 0 aromatic carbocycles. The predicted octanol–water partition coefficient (Wildman–Crippen LogP) is 25.1. The van der Waals surface area contributed by atoms with Crippen molar-refractivity contribution in [1.82, 2.24) is 0 Å². The molecule has 0 saturated heterocycles. The van der Waals surface area contributed by atoms with Crippen molar-refractivity contribution in [2.24, 2.45) is 0 Å². The van der Waals surface area contributed by atoms with Gasteiger partial charge in [0.25, 0.3) is 0 Å². The smallest absolute Gasteiger partial charge is 0.306 e. The van der Waals surface area contributed by atoms with Gasteiger partial charge in [0.05, 0.1) is 0 Å². The molecule has 0 aliphatic rings. The van der Waals surface area contributed by atoms with Gasteiger partial charge in [0.1, 0.15) is 13.2 Å². The van der Waals surface area contributed by atoms with Crippen molar-refractivity contribution >= 4 is 17.9 Å². The molecule has 0 spiro atoms. The van der Waals surface area contributed by atoms with Crippen LogP contribution in [0.25, 0.3) is 0 Å². The first-order valence-corrected chi connectivity index (χ1v) is 36.5. The molecule has 0 amide bonds. The van der Waals surface area contributed by atoms with E-state index in [4.69, 9.17) is 14.2 Å². The summed E-state index contributed by atoms with van der Waals surface area (Å²) in [6, 6.07) is 0. The number of hydrogen-bond acceptors (Lipinski definition) is 6. The number of carbonyl (C=O) groups is 3. The van der Waals surface area contributed by atoms with Crippen LogP contribution in [0.15, 0.2) is 36.5 Å². The summed E-state index contributed by atoms with van der Waals surface area (Å²) in [5, 5.41) is 0. The molecule has 6 nitrogen and oxygen atoms in total. The van der Waals surface area contributed by atoms with Crippen molar-refractivity contribution in [1.29, 1.82) is 0 Å². The van der Waals surface area contributed by atoms with Gasteiger partial charge in [-0.15, -0.1) is 0 Å². The molecule has 0 aromatic heterocycles. The lowest BCUT2D eigenvalue weighted by Gasteiger charge is -2.18. The number of esters is 3. The third-order valence-electron chi connectivity index (χ3n) is 16.6. The zero-order valence-electron chi connectivity index (χ0n) is 54.8. The first-order valence-electron chi connectivity index (χ1n) is 36.5. The van der Waals surface area contributed by atoms with Crippen molar-refractivity contribution in [3.63, 3.8) is 0 Å². The van der Waals surface area contributed by atoms with Gasteiger partial charge in [-0.1, -0.05) is 346 Å². The lowest BCUT2D eigenvalue weighted by Crippen LogP contribution is -2.30. The highest BCUT2D eigenvalue weighted by molar-refractivity contribution is 5.71.